The van der Waals surface area contributed by atoms with Crippen LogP contribution in [0.5, 0.6) is 0 Å². The molecule has 0 aliphatic rings. The molecule has 94 valence electrons. The Balaban J connectivity index is 2.50. The van der Waals surface area contributed by atoms with Crippen molar-refractivity contribution in [2.24, 2.45) is 0 Å². The number of hydrogen-bond donors (Lipinski definition) is 0. The predicted octanol–water partition coefficient (Wildman–Crippen LogP) is 3.73. The lowest BCUT2D eigenvalue weighted by atomic mass is 10.1. The van der Waals surface area contributed by atoms with Crippen LogP contribution in [0.4, 0.5) is 0 Å². The van der Waals surface area contributed by atoms with Crippen LogP contribution in [0.15, 0.2) is 28.7 Å². The van der Waals surface area contributed by atoms with E-state index in [4.69, 9.17) is 11.6 Å². The average molecular weight is 328 g/mol. The lowest BCUT2D eigenvalue weighted by Gasteiger charge is -2.03. The second-order valence-corrected chi connectivity index (χ2v) is 5.40. The fourth-order valence-corrected chi connectivity index (χ4v) is 2.49. The smallest absolute Gasteiger partial charge is 0.136 e. The fraction of sp³-hybridized carbons (Fsp3) is 0.231. The van der Waals surface area contributed by atoms with Crippen LogP contribution >= 0.6 is 27.5 Å². The minimum Gasteiger partial charge on any atom is -0.300 e. The van der Waals surface area contributed by atoms with E-state index in [-0.39, 0.29) is 5.78 Å². The summed E-state index contributed by atoms with van der Waals surface area (Å²) in [7, 11) is 0. The van der Waals surface area contributed by atoms with Gasteiger partial charge in [-0.1, -0.05) is 33.6 Å². The van der Waals surface area contributed by atoms with Crippen molar-refractivity contribution in [3.8, 4) is 5.69 Å². The van der Waals surface area contributed by atoms with Gasteiger partial charge in [-0.15, -0.1) is 0 Å². The molecular formula is C13H12BrClN2O. The molecule has 3 nitrogen and oxygen atoms in total. The molecule has 0 atom stereocenters. The Morgan fingerprint density at radius 1 is 1.50 bits per heavy atom. The number of carbonyl (C=O) groups excluding carboxylic acids is 1. The maximum absolute atomic E-state index is 11.2. The third-order valence-corrected chi connectivity index (χ3v) is 3.48. The Hall–Kier alpha value is -1.13. The highest BCUT2D eigenvalue weighted by Crippen LogP contribution is 2.25. The van der Waals surface area contributed by atoms with Gasteiger partial charge in [-0.2, -0.15) is 5.10 Å². The molecule has 1 aromatic heterocycles. The molecule has 18 heavy (non-hydrogen) atoms. The van der Waals surface area contributed by atoms with Crippen LogP contribution in [0.2, 0.25) is 5.15 Å². The molecule has 2 rings (SSSR count). The summed E-state index contributed by atoms with van der Waals surface area (Å²) >= 11 is 9.70. The van der Waals surface area contributed by atoms with Gasteiger partial charge >= 0.3 is 0 Å². The van der Waals surface area contributed by atoms with E-state index in [1.54, 1.807) is 11.6 Å². The Labute approximate surface area is 119 Å². The van der Waals surface area contributed by atoms with Crippen LogP contribution < -0.4 is 0 Å². The molecule has 0 saturated heterocycles. The zero-order valence-electron chi connectivity index (χ0n) is 10.1. The first-order valence-corrected chi connectivity index (χ1v) is 6.65. The van der Waals surface area contributed by atoms with Crippen LogP contribution in [0.3, 0.4) is 0 Å². The lowest BCUT2D eigenvalue weighted by molar-refractivity contribution is -0.116. The molecule has 0 radical (unpaired) electrons. The van der Waals surface area contributed by atoms with E-state index < -0.39 is 0 Å². The van der Waals surface area contributed by atoms with Crippen molar-refractivity contribution in [3.05, 3.63) is 45.1 Å². The van der Waals surface area contributed by atoms with Crippen molar-refractivity contribution in [2.45, 2.75) is 20.3 Å². The quantitative estimate of drug-likeness (QED) is 0.861. The second-order valence-electron chi connectivity index (χ2n) is 4.13. The summed E-state index contributed by atoms with van der Waals surface area (Å²) in [5.41, 5.74) is 2.45. The number of halogens is 2. The van der Waals surface area contributed by atoms with Crippen molar-refractivity contribution in [1.29, 1.82) is 0 Å². The molecule has 0 spiro atoms. The summed E-state index contributed by atoms with van der Waals surface area (Å²) in [5.74, 6) is 0.0776. The average Bonchev–Trinajstić information content (AvgIpc) is 2.56. The molecule has 1 aromatic carbocycles. The number of nitrogens with zero attached hydrogens (tertiary/aromatic N) is 2. The van der Waals surface area contributed by atoms with E-state index in [9.17, 15) is 4.79 Å². The SMILES string of the molecule is CC(=O)Cc1c(C)nn(-c2cccc(Br)c2)c1Cl. The Morgan fingerprint density at radius 3 is 2.83 bits per heavy atom. The maximum Gasteiger partial charge on any atom is 0.136 e. The van der Waals surface area contributed by atoms with Gasteiger partial charge in [-0.3, -0.25) is 4.79 Å². The molecule has 0 fully saturated rings. The van der Waals surface area contributed by atoms with Crippen LogP contribution in [0.1, 0.15) is 18.2 Å². The monoisotopic (exact) mass is 326 g/mol. The Morgan fingerprint density at radius 2 is 2.22 bits per heavy atom. The van der Waals surface area contributed by atoms with Crippen molar-refractivity contribution in [2.75, 3.05) is 0 Å². The number of benzene rings is 1. The highest BCUT2D eigenvalue weighted by molar-refractivity contribution is 9.10. The third kappa shape index (κ3) is 2.65. The molecule has 0 unspecified atom stereocenters. The van der Waals surface area contributed by atoms with Gasteiger partial charge in [0, 0.05) is 16.5 Å². The topological polar surface area (TPSA) is 34.9 Å². The molecular weight excluding hydrogens is 316 g/mol. The minimum atomic E-state index is 0.0776. The highest BCUT2D eigenvalue weighted by Gasteiger charge is 2.15. The van der Waals surface area contributed by atoms with Gasteiger partial charge in [-0.25, -0.2) is 4.68 Å². The number of aromatic nitrogens is 2. The van der Waals surface area contributed by atoms with E-state index in [1.807, 2.05) is 31.2 Å². The summed E-state index contributed by atoms with van der Waals surface area (Å²) < 4.78 is 2.61. The van der Waals surface area contributed by atoms with Crippen molar-refractivity contribution in [1.82, 2.24) is 9.78 Å². The zero-order chi connectivity index (χ0) is 13.3. The number of Topliss-reactive ketones (excluding diaryl/α,β-unsaturated/α-hetero) is 1. The molecule has 0 amide bonds. The first-order valence-electron chi connectivity index (χ1n) is 5.48. The first-order chi connectivity index (χ1) is 8.49. The zero-order valence-corrected chi connectivity index (χ0v) is 12.4. The number of ketones is 1. The summed E-state index contributed by atoms with van der Waals surface area (Å²) in [6.07, 6.45) is 0.318. The van der Waals surface area contributed by atoms with Gasteiger partial charge in [0.25, 0.3) is 0 Å². The standard InChI is InChI=1S/C13H12BrClN2O/c1-8(18)6-12-9(2)16-17(13(12)15)11-5-3-4-10(14)7-11/h3-5,7H,6H2,1-2H3. The number of hydrogen-bond acceptors (Lipinski definition) is 2. The highest BCUT2D eigenvalue weighted by atomic mass is 79.9. The van der Waals surface area contributed by atoms with Gasteiger partial charge in [0.2, 0.25) is 0 Å². The number of carbonyl (C=O) groups is 1. The number of rotatable bonds is 3. The van der Waals surface area contributed by atoms with E-state index in [0.717, 1.165) is 21.4 Å². The van der Waals surface area contributed by atoms with Crippen molar-refractivity contribution >= 4 is 33.3 Å². The van der Waals surface area contributed by atoms with Gasteiger partial charge in [0.05, 0.1) is 11.4 Å². The van der Waals surface area contributed by atoms with Crippen LogP contribution in [0, 0.1) is 6.92 Å². The fourth-order valence-electron chi connectivity index (χ4n) is 1.76. The normalized spacial score (nSPS) is 10.7. The molecule has 5 heteroatoms. The summed E-state index contributed by atoms with van der Waals surface area (Å²) in [6, 6.07) is 7.69. The number of aryl methyl sites for hydroxylation is 1. The molecule has 0 saturated carbocycles. The van der Waals surface area contributed by atoms with Crippen molar-refractivity contribution < 1.29 is 4.79 Å². The van der Waals surface area contributed by atoms with Crippen molar-refractivity contribution in [3.63, 3.8) is 0 Å². The predicted molar refractivity (Wildman–Crippen MR) is 75.4 cm³/mol. The van der Waals surface area contributed by atoms with E-state index in [2.05, 4.69) is 21.0 Å². The van der Waals surface area contributed by atoms with Crippen LogP contribution in [-0.4, -0.2) is 15.6 Å². The maximum atomic E-state index is 11.2. The second kappa shape index (κ2) is 5.24. The first kappa shape index (κ1) is 13.3. The van der Waals surface area contributed by atoms with Gasteiger partial charge in [0.15, 0.2) is 0 Å². The minimum absolute atomic E-state index is 0.0776. The molecule has 0 aliphatic heterocycles. The Kier molecular flexibility index (Phi) is 3.88. The van der Waals surface area contributed by atoms with Crippen LogP contribution in [-0.2, 0) is 11.2 Å². The molecule has 0 N–H and O–H groups in total. The lowest BCUT2D eigenvalue weighted by Crippen LogP contribution is -1.98. The van der Waals surface area contributed by atoms with Gasteiger partial charge in [0.1, 0.15) is 10.9 Å². The summed E-state index contributed by atoms with van der Waals surface area (Å²) in [6.45, 7) is 3.41. The summed E-state index contributed by atoms with van der Waals surface area (Å²) in [5, 5.41) is 4.89. The molecule has 2 aromatic rings. The van der Waals surface area contributed by atoms with E-state index in [0.29, 0.717) is 11.6 Å². The van der Waals surface area contributed by atoms with Crippen LogP contribution in [0.25, 0.3) is 5.69 Å². The molecule has 1 heterocycles. The third-order valence-electron chi connectivity index (χ3n) is 2.60. The Bertz CT molecular complexity index is 607. The molecule has 0 aliphatic carbocycles. The molecule has 0 bridgehead atoms. The van der Waals surface area contributed by atoms with Gasteiger partial charge in [-0.05, 0) is 32.0 Å². The van der Waals surface area contributed by atoms with E-state index in [1.165, 1.54) is 0 Å². The summed E-state index contributed by atoms with van der Waals surface area (Å²) in [4.78, 5) is 11.2. The largest absolute Gasteiger partial charge is 0.300 e. The van der Waals surface area contributed by atoms with Gasteiger partial charge < -0.3 is 0 Å². The van der Waals surface area contributed by atoms with E-state index >= 15 is 0 Å².